The Morgan fingerprint density at radius 3 is 1.27 bits per heavy atom. The fraction of sp³-hybridized carbons (Fsp3) is 0.121. The van der Waals surface area contributed by atoms with Crippen LogP contribution in [0.5, 0.6) is 0 Å². The Kier molecular flexibility index (Phi) is 10.4. The molecule has 67 heavy (non-hydrogen) atoms. The Balaban J connectivity index is 1.33. The van der Waals surface area contributed by atoms with E-state index < -0.39 is 0 Å². The van der Waals surface area contributed by atoms with Crippen LogP contribution < -0.4 is 4.90 Å². The minimum atomic E-state index is -0.168. The van der Waals surface area contributed by atoms with E-state index in [2.05, 4.69) is 271 Å². The summed E-state index contributed by atoms with van der Waals surface area (Å²) in [6, 6.07) is 83.8. The number of benzene rings is 10. The molecule has 0 aromatic heterocycles. The maximum Gasteiger partial charge on any atom is 0.0549 e. The third-order valence-corrected chi connectivity index (χ3v) is 13.8. The van der Waals surface area contributed by atoms with Crippen molar-refractivity contribution in [3.8, 4) is 22.3 Å². The van der Waals surface area contributed by atoms with Crippen molar-refractivity contribution in [2.24, 2.45) is 0 Å². The zero-order valence-corrected chi connectivity index (χ0v) is 39.3. The van der Waals surface area contributed by atoms with Crippen LogP contribution in [0.15, 0.2) is 224 Å². The van der Waals surface area contributed by atoms with Gasteiger partial charge in [0.2, 0.25) is 0 Å². The lowest BCUT2D eigenvalue weighted by Gasteiger charge is -2.30. The monoisotopic (exact) mass is 861 g/mol. The summed E-state index contributed by atoms with van der Waals surface area (Å²) in [4.78, 5) is 2.52. The highest BCUT2D eigenvalue weighted by Crippen LogP contribution is 2.47. The van der Waals surface area contributed by atoms with Gasteiger partial charge in [-0.15, -0.1) is 0 Å². The van der Waals surface area contributed by atoms with Crippen molar-refractivity contribution in [1.82, 2.24) is 0 Å². The summed E-state index contributed by atoms with van der Waals surface area (Å²) in [6.07, 6.45) is 0. The molecule has 0 saturated heterocycles. The summed E-state index contributed by atoms with van der Waals surface area (Å²) < 4.78 is 0. The van der Waals surface area contributed by atoms with Crippen LogP contribution in [0.1, 0.15) is 52.7 Å². The predicted molar refractivity (Wildman–Crippen MR) is 292 cm³/mol. The number of anilines is 3. The fourth-order valence-electron chi connectivity index (χ4n) is 10.2. The van der Waals surface area contributed by atoms with Gasteiger partial charge in [0.25, 0.3) is 0 Å². The Morgan fingerprint density at radius 1 is 0.284 bits per heavy atom. The SMILES string of the molecule is CC(C)(C)c1ccc2c(c1)c1ccccc1c1ccccc1c1ccccc1c1cc(C(C)(C)C)cc(N(c3ccc(-c4ccccc4)cc3)c3ccc(-c4cccc5ccccc45)cc3)c21. The van der Waals surface area contributed by atoms with E-state index in [-0.39, 0.29) is 10.8 Å². The van der Waals surface area contributed by atoms with Crippen molar-refractivity contribution in [3.63, 3.8) is 0 Å². The molecule has 0 spiro atoms. The quantitative estimate of drug-likeness (QED) is 0.167. The van der Waals surface area contributed by atoms with E-state index in [0.29, 0.717) is 0 Å². The van der Waals surface area contributed by atoms with Gasteiger partial charge < -0.3 is 4.90 Å². The van der Waals surface area contributed by atoms with Gasteiger partial charge in [0.15, 0.2) is 0 Å². The molecule has 0 unspecified atom stereocenters. The van der Waals surface area contributed by atoms with E-state index in [1.165, 1.54) is 98.0 Å². The van der Waals surface area contributed by atoms with E-state index in [0.717, 1.165) is 17.1 Å². The fourth-order valence-corrected chi connectivity index (χ4v) is 10.2. The van der Waals surface area contributed by atoms with Crippen LogP contribution in [0.25, 0.3) is 86.9 Å². The molecule has 0 heterocycles. The van der Waals surface area contributed by atoms with Gasteiger partial charge in [0.05, 0.1) is 5.69 Å². The number of hydrogen-bond donors (Lipinski definition) is 0. The Labute approximate surface area is 394 Å². The number of nitrogens with zero attached hydrogens (tertiary/aromatic N) is 1. The second-order valence-corrected chi connectivity index (χ2v) is 20.1. The lowest BCUT2D eigenvalue weighted by Crippen LogP contribution is -2.15. The van der Waals surface area contributed by atoms with E-state index in [1.807, 2.05) is 0 Å². The summed E-state index contributed by atoms with van der Waals surface area (Å²) in [5, 5.41) is 14.7. The van der Waals surface area contributed by atoms with Crippen molar-refractivity contribution in [3.05, 3.63) is 236 Å². The molecule has 11 aromatic carbocycles. The van der Waals surface area contributed by atoms with Crippen molar-refractivity contribution in [2.75, 3.05) is 4.90 Å². The molecule has 0 fully saturated rings. The summed E-state index contributed by atoms with van der Waals surface area (Å²) in [7, 11) is 0. The Morgan fingerprint density at radius 2 is 0.716 bits per heavy atom. The molecular formula is C66H55N. The maximum atomic E-state index is 2.52. The van der Waals surface area contributed by atoms with Gasteiger partial charge in [-0.3, -0.25) is 0 Å². The normalized spacial score (nSPS) is 12.0. The van der Waals surface area contributed by atoms with Gasteiger partial charge in [-0.25, -0.2) is 0 Å². The molecule has 0 aliphatic heterocycles. The lowest BCUT2D eigenvalue weighted by atomic mass is 9.82. The van der Waals surface area contributed by atoms with Crippen LogP contribution in [-0.2, 0) is 10.8 Å². The highest BCUT2D eigenvalue weighted by Gasteiger charge is 2.24. The van der Waals surface area contributed by atoms with Crippen molar-refractivity contribution in [1.29, 1.82) is 0 Å². The van der Waals surface area contributed by atoms with Crippen molar-refractivity contribution in [2.45, 2.75) is 52.4 Å². The van der Waals surface area contributed by atoms with Crippen LogP contribution >= 0.6 is 0 Å². The van der Waals surface area contributed by atoms with E-state index in [4.69, 9.17) is 0 Å². The van der Waals surface area contributed by atoms with Gasteiger partial charge in [-0.05, 0) is 146 Å². The van der Waals surface area contributed by atoms with Crippen LogP contribution in [0.2, 0.25) is 0 Å². The van der Waals surface area contributed by atoms with Crippen LogP contribution in [0, 0.1) is 0 Å². The highest BCUT2D eigenvalue weighted by atomic mass is 15.1. The van der Waals surface area contributed by atoms with Gasteiger partial charge in [0, 0.05) is 16.8 Å². The summed E-state index contributed by atoms with van der Waals surface area (Å²) in [6.45, 7) is 14.0. The van der Waals surface area contributed by atoms with Crippen molar-refractivity contribution >= 4 is 81.7 Å². The third-order valence-electron chi connectivity index (χ3n) is 13.8. The van der Waals surface area contributed by atoms with Gasteiger partial charge in [-0.2, -0.15) is 0 Å². The lowest BCUT2D eigenvalue weighted by molar-refractivity contribution is 0.591. The predicted octanol–water partition coefficient (Wildman–Crippen LogP) is 19.1. The molecule has 0 aliphatic carbocycles. The highest BCUT2D eigenvalue weighted by molar-refractivity contribution is 6.28. The minimum Gasteiger partial charge on any atom is -0.310 e. The molecule has 0 bridgehead atoms. The van der Waals surface area contributed by atoms with Gasteiger partial charge in [-0.1, -0.05) is 224 Å². The molecule has 0 aliphatic rings. The number of hydrogen-bond acceptors (Lipinski definition) is 1. The van der Waals surface area contributed by atoms with E-state index >= 15 is 0 Å². The number of rotatable bonds is 5. The van der Waals surface area contributed by atoms with Gasteiger partial charge >= 0.3 is 0 Å². The second-order valence-electron chi connectivity index (χ2n) is 20.1. The van der Waals surface area contributed by atoms with Crippen molar-refractivity contribution < 1.29 is 0 Å². The third kappa shape index (κ3) is 7.65. The Bertz CT molecular complexity index is 3730. The average molecular weight is 862 g/mol. The topological polar surface area (TPSA) is 3.24 Å². The number of fused-ring (bicyclic) bond motifs is 11. The average Bonchev–Trinajstić information content (AvgIpc) is 3.36. The second kappa shape index (κ2) is 16.6. The van der Waals surface area contributed by atoms with Crippen LogP contribution in [0.3, 0.4) is 0 Å². The zero-order valence-electron chi connectivity index (χ0n) is 39.3. The molecule has 0 amide bonds. The molecular weight excluding hydrogens is 807 g/mol. The molecule has 1 nitrogen and oxygen atoms in total. The van der Waals surface area contributed by atoms with Crippen LogP contribution in [-0.4, -0.2) is 0 Å². The zero-order chi connectivity index (χ0) is 45.9. The summed E-state index contributed by atoms with van der Waals surface area (Å²) in [5.41, 5.74) is 10.5. The minimum absolute atomic E-state index is 0.0656. The first-order chi connectivity index (χ1) is 32.5. The molecule has 0 saturated carbocycles. The summed E-state index contributed by atoms with van der Waals surface area (Å²) in [5.74, 6) is 0. The molecule has 11 rings (SSSR count). The molecule has 1 heteroatoms. The molecule has 11 aromatic rings. The molecule has 0 atom stereocenters. The first-order valence-corrected chi connectivity index (χ1v) is 23.7. The van der Waals surface area contributed by atoms with E-state index in [9.17, 15) is 0 Å². The Hall–Kier alpha value is -7.74. The molecule has 0 N–H and O–H groups in total. The standard InChI is InChI=1S/C66H55N/c1-65(2,3)48-35-40-60-61(41-48)58-28-16-14-26-56(58)54-24-12-13-25-55(54)57-27-15-17-29-59(57)62-42-49(66(4,5)6)43-63(64(60)62)67(50-36-31-45(32-37-50)44-19-8-7-9-20-44)51-38-33-47(34-39-51)53-30-18-22-46-21-10-11-23-52(46)53/h7-43H,1-6H3. The smallest absolute Gasteiger partial charge is 0.0549 e. The van der Waals surface area contributed by atoms with E-state index in [1.54, 1.807) is 0 Å². The maximum absolute atomic E-state index is 2.52. The van der Waals surface area contributed by atoms with Crippen LogP contribution in [0.4, 0.5) is 17.1 Å². The first kappa shape index (κ1) is 41.9. The molecule has 0 radical (unpaired) electrons. The molecule has 324 valence electrons. The first-order valence-electron chi connectivity index (χ1n) is 23.7. The summed E-state index contributed by atoms with van der Waals surface area (Å²) >= 11 is 0. The van der Waals surface area contributed by atoms with Gasteiger partial charge in [0.1, 0.15) is 0 Å². The largest absolute Gasteiger partial charge is 0.310 e.